The summed E-state index contributed by atoms with van der Waals surface area (Å²) in [6.45, 7) is 12.3. The predicted octanol–water partition coefficient (Wildman–Crippen LogP) is 2.71. The molecule has 8 heteroatoms. The molecule has 0 radical (unpaired) electrons. The molecule has 1 N–H and O–H groups in total. The topological polar surface area (TPSA) is 96.4 Å². The summed E-state index contributed by atoms with van der Waals surface area (Å²) in [5, 5.41) is 9.54. The van der Waals surface area contributed by atoms with Crippen molar-refractivity contribution in [2.24, 2.45) is 17.8 Å². The molecule has 1 spiro atoms. The number of esters is 1. The molecule has 0 aliphatic carbocycles. The van der Waals surface area contributed by atoms with Crippen molar-refractivity contribution < 1.29 is 29.0 Å². The molecule has 4 rings (SSSR count). The highest BCUT2D eigenvalue weighted by atomic mass is 16.6. The van der Waals surface area contributed by atoms with Gasteiger partial charge in [0.15, 0.2) is 0 Å². The molecule has 3 unspecified atom stereocenters. The number of carbonyl (C=O) groups is 3. The second-order valence-corrected chi connectivity index (χ2v) is 10.6. The molecule has 1 aromatic rings. The average molecular weight is 511 g/mol. The maximum Gasteiger partial charge on any atom is 0.312 e. The molecule has 1 aromatic carbocycles. The van der Waals surface area contributed by atoms with Gasteiger partial charge in [0.05, 0.1) is 18.1 Å². The van der Waals surface area contributed by atoms with Gasteiger partial charge in [0.25, 0.3) is 0 Å². The van der Waals surface area contributed by atoms with Crippen molar-refractivity contribution in [1.29, 1.82) is 0 Å². The highest BCUT2D eigenvalue weighted by molar-refractivity contribution is 5.98. The second kappa shape index (κ2) is 10.8. The summed E-state index contributed by atoms with van der Waals surface area (Å²) >= 11 is 0. The van der Waals surface area contributed by atoms with Gasteiger partial charge >= 0.3 is 5.97 Å². The number of hydrogen-bond acceptors (Lipinski definition) is 6. The molecule has 3 aliphatic rings. The molecule has 200 valence electrons. The van der Waals surface area contributed by atoms with E-state index in [0.717, 1.165) is 5.56 Å². The van der Waals surface area contributed by atoms with Crippen molar-refractivity contribution >= 4 is 17.8 Å². The molecule has 3 saturated heterocycles. The zero-order valence-corrected chi connectivity index (χ0v) is 21.8. The standard InChI is InChI=1S/C29H38N2O6/c1-5-7-17-36-27(35)23-22-25(33)31(15-11-16-32)24(29(22)18-20(3)28(23,4)37-29)26(34)30(14-6-2)19-21-12-9-8-10-13-21/h5-6,8-10,12-13,20,22-24,32H,1-2,7,11,14-19H2,3-4H3/t20?,22-,23-,24?,28+,29?/m0/s1. The molecule has 2 bridgehead atoms. The van der Waals surface area contributed by atoms with Crippen LogP contribution in [-0.2, 0) is 30.4 Å². The predicted molar refractivity (Wildman–Crippen MR) is 138 cm³/mol. The average Bonchev–Trinajstić information content (AvgIpc) is 3.39. The summed E-state index contributed by atoms with van der Waals surface area (Å²) < 4.78 is 12.3. The van der Waals surface area contributed by atoms with E-state index < -0.39 is 35.0 Å². The lowest BCUT2D eigenvalue weighted by molar-refractivity contribution is -0.162. The summed E-state index contributed by atoms with van der Waals surface area (Å²) in [6, 6.07) is 8.74. The number of benzene rings is 1. The van der Waals surface area contributed by atoms with Gasteiger partial charge in [-0.2, -0.15) is 0 Å². The minimum atomic E-state index is -1.14. The minimum absolute atomic E-state index is 0.0661. The van der Waals surface area contributed by atoms with E-state index >= 15 is 0 Å². The first-order chi connectivity index (χ1) is 17.7. The van der Waals surface area contributed by atoms with E-state index in [1.165, 1.54) is 4.90 Å². The van der Waals surface area contributed by atoms with E-state index in [0.29, 0.717) is 32.4 Å². The number of aliphatic hydroxyl groups excluding tert-OH is 1. The highest BCUT2D eigenvalue weighted by Crippen LogP contribution is 2.65. The summed E-state index contributed by atoms with van der Waals surface area (Å²) in [5.41, 5.74) is -1.11. The molecule has 0 aromatic heterocycles. The Hall–Kier alpha value is -2.97. The lowest BCUT2D eigenvalue weighted by Crippen LogP contribution is -2.56. The molecule has 3 fully saturated rings. The fourth-order valence-electron chi connectivity index (χ4n) is 6.56. The zero-order chi connectivity index (χ0) is 26.8. The molecular formula is C29H38N2O6. The van der Waals surface area contributed by atoms with Crippen molar-refractivity contribution in [1.82, 2.24) is 9.80 Å². The molecule has 6 atom stereocenters. The number of rotatable bonds is 12. The van der Waals surface area contributed by atoms with Crippen LogP contribution < -0.4 is 0 Å². The van der Waals surface area contributed by atoms with Crippen molar-refractivity contribution in [2.75, 3.05) is 26.3 Å². The Morgan fingerprint density at radius 2 is 2.00 bits per heavy atom. The van der Waals surface area contributed by atoms with Crippen LogP contribution in [0, 0.1) is 17.8 Å². The Balaban J connectivity index is 1.73. The van der Waals surface area contributed by atoms with Crippen molar-refractivity contribution in [3.8, 4) is 0 Å². The maximum atomic E-state index is 14.3. The van der Waals surface area contributed by atoms with Gasteiger partial charge in [-0.1, -0.05) is 49.4 Å². The lowest BCUT2D eigenvalue weighted by Gasteiger charge is -2.37. The second-order valence-electron chi connectivity index (χ2n) is 10.6. The molecule has 3 heterocycles. The highest BCUT2D eigenvalue weighted by Gasteiger charge is 2.80. The Kier molecular flexibility index (Phi) is 7.90. The normalized spacial score (nSPS) is 31.8. The van der Waals surface area contributed by atoms with Gasteiger partial charge in [-0.3, -0.25) is 14.4 Å². The number of carbonyl (C=O) groups excluding carboxylic acids is 3. The Morgan fingerprint density at radius 3 is 2.65 bits per heavy atom. The fourth-order valence-corrected chi connectivity index (χ4v) is 6.56. The number of nitrogens with zero attached hydrogens (tertiary/aromatic N) is 2. The molecule has 0 saturated carbocycles. The molecular weight excluding hydrogens is 472 g/mol. The number of fused-ring (bicyclic) bond motifs is 1. The summed E-state index contributed by atoms with van der Waals surface area (Å²) in [7, 11) is 0. The summed E-state index contributed by atoms with van der Waals surface area (Å²) in [5.74, 6) is -2.70. The van der Waals surface area contributed by atoms with Gasteiger partial charge in [0.1, 0.15) is 17.6 Å². The van der Waals surface area contributed by atoms with Crippen LogP contribution >= 0.6 is 0 Å². The largest absolute Gasteiger partial charge is 0.465 e. The van der Waals surface area contributed by atoms with Crippen LogP contribution in [0.1, 0.15) is 38.7 Å². The van der Waals surface area contributed by atoms with Crippen LogP contribution in [0.15, 0.2) is 55.6 Å². The third kappa shape index (κ3) is 4.50. The van der Waals surface area contributed by atoms with Crippen molar-refractivity contribution in [3.05, 3.63) is 61.2 Å². The Morgan fingerprint density at radius 1 is 1.27 bits per heavy atom. The van der Waals surface area contributed by atoms with Gasteiger partial charge in [-0.05, 0) is 37.7 Å². The number of aliphatic hydroxyl groups is 1. The number of ether oxygens (including phenoxy) is 2. The first kappa shape index (κ1) is 27.1. The van der Waals surface area contributed by atoms with E-state index in [-0.39, 0.29) is 37.5 Å². The van der Waals surface area contributed by atoms with Crippen molar-refractivity contribution in [3.63, 3.8) is 0 Å². The van der Waals surface area contributed by atoms with Gasteiger partial charge in [0.2, 0.25) is 11.8 Å². The summed E-state index contributed by atoms with van der Waals surface area (Å²) in [6.07, 6.45) is 4.65. The first-order valence-electron chi connectivity index (χ1n) is 13.1. The third-order valence-electron chi connectivity index (χ3n) is 8.30. The monoisotopic (exact) mass is 510 g/mol. The Labute approximate surface area is 218 Å². The van der Waals surface area contributed by atoms with Gasteiger partial charge in [0, 0.05) is 26.2 Å². The number of amides is 2. The quantitative estimate of drug-likeness (QED) is 0.264. The van der Waals surface area contributed by atoms with Crippen LogP contribution in [0.25, 0.3) is 0 Å². The van der Waals surface area contributed by atoms with Crippen LogP contribution in [0.5, 0.6) is 0 Å². The Bertz CT molecular complexity index is 1040. The van der Waals surface area contributed by atoms with Crippen LogP contribution in [-0.4, -0.2) is 76.2 Å². The number of hydrogen-bond donors (Lipinski definition) is 1. The van der Waals surface area contributed by atoms with E-state index in [4.69, 9.17) is 9.47 Å². The zero-order valence-electron chi connectivity index (χ0n) is 21.8. The minimum Gasteiger partial charge on any atom is -0.465 e. The summed E-state index contributed by atoms with van der Waals surface area (Å²) in [4.78, 5) is 44.9. The fraction of sp³-hybridized carbons (Fsp3) is 0.552. The van der Waals surface area contributed by atoms with Crippen LogP contribution in [0.2, 0.25) is 0 Å². The molecule has 3 aliphatic heterocycles. The van der Waals surface area contributed by atoms with Gasteiger partial charge < -0.3 is 24.4 Å². The number of likely N-dealkylation sites (tertiary alicyclic amines) is 1. The first-order valence-corrected chi connectivity index (χ1v) is 13.1. The molecule has 37 heavy (non-hydrogen) atoms. The van der Waals surface area contributed by atoms with Gasteiger partial charge in [-0.25, -0.2) is 0 Å². The van der Waals surface area contributed by atoms with Crippen LogP contribution in [0.4, 0.5) is 0 Å². The van der Waals surface area contributed by atoms with Gasteiger partial charge in [-0.15, -0.1) is 13.2 Å². The van der Waals surface area contributed by atoms with Crippen molar-refractivity contribution in [2.45, 2.75) is 56.9 Å². The smallest absolute Gasteiger partial charge is 0.312 e. The molecule has 2 amide bonds. The maximum absolute atomic E-state index is 14.3. The van der Waals surface area contributed by atoms with E-state index in [9.17, 15) is 19.5 Å². The van der Waals surface area contributed by atoms with E-state index in [1.807, 2.05) is 44.2 Å². The SMILES string of the molecule is C=CCCOC(=O)[C@@H]1[C@H]2C(=O)N(CCCO)C(C(=O)N(CC=C)Cc3ccccc3)C23CC(C)[C@@]1(C)O3. The van der Waals surface area contributed by atoms with Crippen LogP contribution in [0.3, 0.4) is 0 Å². The van der Waals surface area contributed by atoms with E-state index in [2.05, 4.69) is 13.2 Å². The van der Waals surface area contributed by atoms with E-state index in [1.54, 1.807) is 17.1 Å². The third-order valence-corrected chi connectivity index (χ3v) is 8.30. The molecule has 8 nitrogen and oxygen atoms in total. The lowest BCUT2D eigenvalue weighted by atomic mass is 9.62.